The molecule has 0 radical (unpaired) electrons. The maximum atomic E-state index is 12.5. The largest absolute Gasteiger partial charge is 0.494 e. The number of carbonyl (C=O) groups excluding carboxylic acids is 1. The summed E-state index contributed by atoms with van der Waals surface area (Å²) in [6.45, 7) is 1.76. The highest BCUT2D eigenvalue weighted by molar-refractivity contribution is 5.94. The van der Waals surface area contributed by atoms with Gasteiger partial charge < -0.3 is 14.7 Å². The first kappa shape index (κ1) is 19.0. The molecule has 1 saturated heterocycles. The fourth-order valence-corrected chi connectivity index (χ4v) is 3.42. The second-order valence-electron chi connectivity index (χ2n) is 7.02. The second kappa shape index (κ2) is 9.25. The summed E-state index contributed by atoms with van der Waals surface area (Å²) < 4.78 is 5.79. The predicted molar refractivity (Wildman–Crippen MR) is 105 cm³/mol. The minimum atomic E-state index is -0.322. The van der Waals surface area contributed by atoms with E-state index in [1.54, 1.807) is 4.90 Å². The van der Waals surface area contributed by atoms with Gasteiger partial charge in [0.15, 0.2) is 0 Å². The van der Waals surface area contributed by atoms with Crippen LogP contribution in [0, 0.1) is 17.3 Å². The molecule has 0 bridgehead atoms. The van der Waals surface area contributed by atoms with Crippen LogP contribution in [0.5, 0.6) is 5.75 Å². The number of aliphatic hydroxyl groups excluding tert-OH is 1. The molecule has 0 aromatic heterocycles. The first-order chi connectivity index (χ1) is 13.2. The number of ether oxygens (including phenoxy) is 1. The van der Waals surface area contributed by atoms with E-state index in [4.69, 9.17) is 4.74 Å². The number of hydrogen-bond acceptors (Lipinski definition) is 3. The van der Waals surface area contributed by atoms with Crippen molar-refractivity contribution >= 4 is 5.91 Å². The lowest BCUT2D eigenvalue weighted by atomic mass is 9.78. The molecule has 1 amide bonds. The van der Waals surface area contributed by atoms with Gasteiger partial charge >= 0.3 is 0 Å². The number of nitrogens with zero attached hydrogens (tertiary/aromatic N) is 1. The summed E-state index contributed by atoms with van der Waals surface area (Å²) in [5, 5.41) is 10.0. The quantitative estimate of drug-likeness (QED) is 0.831. The van der Waals surface area contributed by atoms with Crippen LogP contribution in [0.3, 0.4) is 0 Å². The van der Waals surface area contributed by atoms with Crippen molar-refractivity contribution in [1.82, 2.24) is 4.90 Å². The van der Waals surface area contributed by atoms with Crippen LogP contribution < -0.4 is 4.74 Å². The minimum absolute atomic E-state index is 0.0427. The third-order valence-electron chi connectivity index (χ3n) is 5.02. The minimum Gasteiger partial charge on any atom is -0.494 e. The second-order valence-corrected chi connectivity index (χ2v) is 7.02. The van der Waals surface area contributed by atoms with E-state index in [2.05, 4.69) is 11.8 Å². The number of rotatable bonds is 5. The monoisotopic (exact) mass is 363 g/mol. The number of amides is 1. The van der Waals surface area contributed by atoms with Crippen molar-refractivity contribution in [3.63, 3.8) is 0 Å². The molecule has 1 aliphatic heterocycles. The van der Waals surface area contributed by atoms with Gasteiger partial charge in [-0.15, -0.1) is 0 Å². The molecule has 1 atom stereocenters. The molecule has 0 saturated carbocycles. The van der Waals surface area contributed by atoms with Crippen molar-refractivity contribution in [2.45, 2.75) is 19.3 Å². The van der Waals surface area contributed by atoms with Gasteiger partial charge in [0.1, 0.15) is 5.75 Å². The molecular formula is C23H25NO3. The van der Waals surface area contributed by atoms with Crippen LogP contribution in [-0.2, 0) is 4.79 Å². The van der Waals surface area contributed by atoms with E-state index in [9.17, 15) is 9.90 Å². The first-order valence-corrected chi connectivity index (χ1v) is 9.35. The van der Waals surface area contributed by atoms with Crippen LogP contribution in [0.25, 0.3) is 0 Å². The zero-order valence-electron chi connectivity index (χ0n) is 15.4. The van der Waals surface area contributed by atoms with Gasteiger partial charge in [0.2, 0.25) is 0 Å². The molecule has 1 heterocycles. The summed E-state index contributed by atoms with van der Waals surface area (Å²) in [7, 11) is 0. The maximum absolute atomic E-state index is 12.5. The van der Waals surface area contributed by atoms with Crippen LogP contribution in [-0.4, -0.2) is 42.2 Å². The standard InChI is InChI=1S/C23H25NO3/c25-19-23(15-17-27-21-10-5-2-6-11-21)14-7-16-24(18-23)22(26)13-12-20-8-3-1-4-9-20/h1-6,8-11,25H,7,14-19H2/t23-/m1/s1. The van der Waals surface area contributed by atoms with Gasteiger partial charge in [-0.3, -0.25) is 4.79 Å². The Hall–Kier alpha value is -2.77. The highest BCUT2D eigenvalue weighted by Crippen LogP contribution is 2.33. The highest BCUT2D eigenvalue weighted by Gasteiger charge is 2.36. The molecule has 1 N–H and O–H groups in total. The number of carbonyl (C=O) groups is 1. The maximum Gasteiger partial charge on any atom is 0.298 e. The highest BCUT2D eigenvalue weighted by atomic mass is 16.5. The lowest BCUT2D eigenvalue weighted by molar-refractivity contribution is -0.129. The average molecular weight is 363 g/mol. The zero-order chi connectivity index (χ0) is 19.0. The normalized spacial score (nSPS) is 19.1. The molecule has 0 aliphatic carbocycles. The van der Waals surface area contributed by atoms with E-state index in [0.717, 1.165) is 24.2 Å². The average Bonchev–Trinajstić information content (AvgIpc) is 2.74. The molecule has 2 aromatic rings. The first-order valence-electron chi connectivity index (χ1n) is 9.35. The zero-order valence-corrected chi connectivity index (χ0v) is 15.4. The number of piperidine rings is 1. The molecule has 27 heavy (non-hydrogen) atoms. The van der Waals surface area contributed by atoms with Gasteiger partial charge in [0.25, 0.3) is 5.91 Å². The topological polar surface area (TPSA) is 49.8 Å². The fraction of sp³-hybridized carbons (Fsp3) is 0.348. The molecule has 4 heteroatoms. The van der Waals surface area contributed by atoms with Crippen LogP contribution >= 0.6 is 0 Å². The Labute approximate surface area is 160 Å². The van der Waals surface area contributed by atoms with E-state index in [1.165, 1.54) is 0 Å². The Balaban J connectivity index is 1.59. The lowest BCUT2D eigenvalue weighted by Gasteiger charge is -2.41. The molecule has 3 rings (SSSR count). The summed E-state index contributed by atoms with van der Waals surface area (Å²) in [5.41, 5.74) is 0.504. The summed E-state index contributed by atoms with van der Waals surface area (Å²) in [6.07, 6.45) is 2.45. The van der Waals surface area contributed by atoms with Crippen molar-refractivity contribution in [3.8, 4) is 17.6 Å². The van der Waals surface area contributed by atoms with Gasteiger partial charge in [-0.05, 0) is 43.5 Å². The van der Waals surface area contributed by atoms with Gasteiger partial charge in [0.05, 0.1) is 13.2 Å². The van der Waals surface area contributed by atoms with Crippen LogP contribution in [0.15, 0.2) is 60.7 Å². The Kier molecular flexibility index (Phi) is 6.51. The number of benzene rings is 2. The van der Waals surface area contributed by atoms with Crippen LogP contribution in [0.4, 0.5) is 0 Å². The van der Waals surface area contributed by atoms with Gasteiger partial charge in [-0.2, -0.15) is 0 Å². The summed E-state index contributed by atoms with van der Waals surface area (Å²) >= 11 is 0. The molecule has 0 spiro atoms. The van der Waals surface area contributed by atoms with Crippen molar-refractivity contribution in [1.29, 1.82) is 0 Å². The van der Waals surface area contributed by atoms with Crippen molar-refractivity contribution in [2.75, 3.05) is 26.3 Å². The number of para-hydroxylation sites is 1. The predicted octanol–water partition coefficient (Wildman–Crippen LogP) is 3.11. The third kappa shape index (κ3) is 5.35. The number of aliphatic hydroxyl groups is 1. The van der Waals surface area contributed by atoms with Crippen molar-refractivity contribution < 1.29 is 14.6 Å². The molecule has 4 nitrogen and oxygen atoms in total. The SMILES string of the molecule is O=C(C#Cc1ccccc1)N1CCC[C@@](CO)(CCOc2ccccc2)C1. The van der Waals surface area contributed by atoms with E-state index in [-0.39, 0.29) is 17.9 Å². The Morgan fingerprint density at radius 2 is 1.81 bits per heavy atom. The third-order valence-corrected chi connectivity index (χ3v) is 5.02. The van der Waals surface area contributed by atoms with E-state index < -0.39 is 0 Å². The van der Waals surface area contributed by atoms with Gasteiger partial charge in [0, 0.05) is 30.0 Å². The van der Waals surface area contributed by atoms with Gasteiger partial charge in [-0.25, -0.2) is 0 Å². The Morgan fingerprint density at radius 1 is 1.11 bits per heavy atom. The van der Waals surface area contributed by atoms with Crippen molar-refractivity contribution in [3.05, 3.63) is 66.2 Å². The molecule has 1 fully saturated rings. The van der Waals surface area contributed by atoms with E-state index in [1.807, 2.05) is 60.7 Å². The van der Waals surface area contributed by atoms with E-state index >= 15 is 0 Å². The number of likely N-dealkylation sites (tertiary alicyclic amines) is 1. The van der Waals surface area contributed by atoms with Gasteiger partial charge in [-0.1, -0.05) is 42.3 Å². The molecule has 140 valence electrons. The molecule has 2 aromatic carbocycles. The molecule has 1 aliphatic rings. The smallest absolute Gasteiger partial charge is 0.298 e. The Morgan fingerprint density at radius 3 is 2.52 bits per heavy atom. The van der Waals surface area contributed by atoms with Crippen molar-refractivity contribution in [2.24, 2.45) is 5.41 Å². The summed E-state index contributed by atoms with van der Waals surface area (Å²) in [6, 6.07) is 19.1. The number of hydrogen-bond donors (Lipinski definition) is 1. The summed E-state index contributed by atoms with van der Waals surface area (Å²) in [5.74, 6) is 6.30. The summed E-state index contributed by atoms with van der Waals surface area (Å²) in [4.78, 5) is 14.3. The molecular weight excluding hydrogens is 338 g/mol. The Bertz CT molecular complexity index is 795. The lowest BCUT2D eigenvalue weighted by Crippen LogP contribution is -2.48. The fourth-order valence-electron chi connectivity index (χ4n) is 3.42. The van der Waals surface area contributed by atoms with E-state index in [0.29, 0.717) is 26.1 Å². The van der Waals surface area contributed by atoms with Crippen LogP contribution in [0.1, 0.15) is 24.8 Å². The van der Waals surface area contributed by atoms with Crippen LogP contribution in [0.2, 0.25) is 0 Å². The molecule has 0 unspecified atom stereocenters.